The van der Waals surface area contributed by atoms with Crippen molar-refractivity contribution in [1.29, 1.82) is 0 Å². The molecule has 2 amide bonds. The van der Waals surface area contributed by atoms with E-state index >= 15 is 0 Å². The second kappa shape index (κ2) is 8.08. The molecule has 0 saturated carbocycles. The molecule has 1 aromatic carbocycles. The minimum absolute atomic E-state index is 0.00320. The number of rotatable bonds is 4. The molecule has 3 atom stereocenters. The van der Waals surface area contributed by atoms with E-state index in [9.17, 15) is 9.59 Å². The van der Waals surface area contributed by atoms with Crippen LogP contribution in [0.25, 0.3) is 0 Å². The van der Waals surface area contributed by atoms with E-state index in [0.717, 1.165) is 19.3 Å². The highest BCUT2D eigenvalue weighted by Gasteiger charge is 2.29. The van der Waals surface area contributed by atoms with Crippen molar-refractivity contribution in [3.8, 4) is 5.75 Å². The van der Waals surface area contributed by atoms with Gasteiger partial charge in [-0.1, -0.05) is 0 Å². The number of hydrogen-bond donors (Lipinski definition) is 1. The van der Waals surface area contributed by atoms with Crippen molar-refractivity contribution >= 4 is 11.8 Å². The van der Waals surface area contributed by atoms with Gasteiger partial charge in [0, 0.05) is 36.8 Å². The molecule has 2 aliphatic rings. The lowest BCUT2D eigenvalue weighted by Gasteiger charge is -2.38. The molecule has 3 rings (SSSR count). The molecule has 2 heterocycles. The largest absolute Gasteiger partial charge is 0.484 e. The van der Waals surface area contributed by atoms with Crippen molar-refractivity contribution in [3.05, 3.63) is 29.8 Å². The molecule has 2 N–H and O–H groups in total. The van der Waals surface area contributed by atoms with Gasteiger partial charge >= 0.3 is 0 Å². The lowest BCUT2D eigenvalue weighted by Crippen LogP contribution is -2.49. The highest BCUT2D eigenvalue weighted by molar-refractivity contribution is 5.94. The number of hydrogen-bond acceptors (Lipinski definition) is 4. The van der Waals surface area contributed by atoms with E-state index in [2.05, 4.69) is 13.8 Å². The molecule has 0 aliphatic carbocycles. The van der Waals surface area contributed by atoms with Gasteiger partial charge in [0.05, 0.1) is 0 Å². The number of ether oxygens (including phenoxy) is 1. The predicted octanol–water partition coefficient (Wildman–Crippen LogP) is 2.03. The summed E-state index contributed by atoms with van der Waals surface area (Å²) in [6, 6.07) is 7.60. The zero-order chi connectivity index (χ0) is 18.7. The van der Waals surface area contributed by atoms with Crippen LogP contribution in [-0.4, -0.2) is 59.4 Å². The van der Waals surface area contributed by atoms with E-state index in [1.54, 1.807) is 29.2 Å². The fourth-order valence-corrected chi connectivity index (χ4v) is 3.98. The van der Waals surface area contributed by atoms with Crippen LogP contribution in [0.5, 0.6) is 5.75 Å². The summed E-state index contributed by atoms with van der Waals surface area (Å²) in [6.45, 7) is 5.54. The summed E-state index contributed by atoms with van der Waals surface area (Å²) in [5.41, 5.74) is 6.49. The average molecular weight is 359 g/mol. The first kappa shape index (κ1) is 18.7. The Balaban J connectivity index is 1.54. The van der Waals surface area contributed by atoms with Gasteiger partial charge in [-0.2, -0.15) is 0 Å². The molecule has 2 saturated heterocycles. The molecule has 2 fully saturated rings. The lowest BCUT2D eigenvalue weighted by atomic mass is 9.97. The molecule has 2 aliphatic heterocycles. The van der Waals surface area contributed by atoms with E-state index < -0.39 is 0 Å². The summed E-state index contributed by atoms with van der Waals surface area (Å²) in [5, 5.41) is 0. The van der Waals surface area contributed by atoms with Gasteiger partial charge in [0.15, 0.2) is 6.61 Å². The number of carbonyl (C=O) groups excluding carboxylic acids is 2. The second-order valence-corrected chi connectivity index (χ2v) is 7.54. The van der Waals surface area contributed by atoms with E-state index in [4.69, 9.17) is 10.5 Å². The van der Waals surface area contributed by atoms with Gasteiger partial charge < -0.3 is 20.3 Å². The zero-order valence-corrected chi connectivity index (χ0v) is 15.7. The third kappa shape index (κ3) is 4.18. The molecular formula is C20H29N3O3. The second-order valence-electron chi connectivity index (χ2n) is 7.54. The molecular weight excluding hydrogens is 330 g/mol. The van der Waals surface area contributed by atoms with Crippen LogP contribution in [0.4, 0.5) is 0 Å². The first-order chi connectivity index (χ1) is 12.5. The van der Waals surface area contributed by atoms with Crippen LogP contribution in [0.3, 0.4) is 0 Å². The van der Waals surface area contributed by atoms with Gasteiger partial charge in [-0.05, 0) is 63.8 Å². The molecule has 1 aromatic rings. The molecule has 0 bridgehead atoms. The van der Waals surface area contributed by atoms with Gasteiger partial charge in [-0.15, -0.1) is 0 Å². The standard InChI is InChI=1S/C20H29N3O3/c1-14-4-3-5-15(2)23(14)19(24)13-26-18-8-6-16(7-9-18)20(25)22-11-10-17(21)12-22/h6-9,14-15,17H,3-5,10-13,21H2,1-2H3/t14?,15?,17-/m1/s1. The highest BCUT2D eigenvalue weighted by atomic mass is 16.5. The van der Waals surface area contributed by atoms with Crippen molar-refractivity contribution in [2.45, 2.75) is 57.7 Å². The SMILES string of the molecule is CC1CCCC(C)N1C(=O)COc1ccc(C(=O)N2CC[C@@H](N)C2)cc1. The van der Waals surface area contributed by atoms with E-state index in [1.165, 1.54) is 6.42 Å². The van der Waals surface area contributed by atoms with Gasteiger partial charge in [0.2, 0.25) is 0 Å². The van der Waals surface area contributed by atoms with Crippen molar-refractivity contribution in [3.63, 3.8) is 0 Å². The van der Waals surface area contributed by atoms with Crippen molar-refractivity contribution < 1.29 is 14.3 Å². The first-order valence-corrected chi connectivity index (χ1v) is 9.54. The maximum absolute atomic E-state index is 12.5. The summed E-state index contributed by atoms with van der Waals surface area (Å²) in [5.74, 6) is 0.623. The number of nitrogens with two attached hydrogens (primary N) is 1. The molecule has 6 heteroatoms. The number of carbonyl (C=O) groups is 2. The molecule has 2 unspecified atom stereocenters. The number of piperidine rings is 1. The fraction of sp³-hybridized carbons (Fsp3) is 0.600. The van der Waals surface area contributed by atoms with Crippen LogP contribution in [0.1, 0.15) is 49.9 Å². The number of amides is 2. The maximum Gasteiger partial charge on any atom is 0.260 e. The average Bonchev–Trinajstić information content (AvgIpc) is 3.06. The van der Waals surface area contributed by atoms with Gasteiger partial charge in [0.1, 0.15) is 5.75 Å². The number of benzene rings is 1. The van der Waals surface area contributed by atoms with E-state index in [0.29, 0.717) is 24.4 Å². The molecule has 0 radical (unpaired) electrons. The van der Waals surface area contributed by atoms with Crippen LogP contribution >= 0.6 is 0 Å². The van der Waals surface area contributed by atoms with Crippen LogP contribution in [0.2, 0.25) is 0 Å². The van der Waals surface area contributed by atoms with Crippen molar-refractivity contribution in [2.75, 3.05) is 19.7 Å². The molecule has 6 nitrogen and oxygen atoms in total. The Morgan fingerprint density at radius 1 is 1.12 bits per heavy atom. The third-order valence-corrected chi connectivity index (χ3v) is 5.46. The van der Waals surface area contributed by atoms with Gasteiger partial charge in [0.25, 0.3) is 11.8 Å². The Hall–Kier alpha value is -2.08. The quantitative estimate of drug-likeness (QED) is 0.892. The Morgan fingerprint density at radius 3 is 2.35 bits per heavy atom. The summed E-state index contributed by atoms with van der Waals surface area (Å²) in [7, 11) is 0. The van der Waals surface area contributed by atoms with Crippen molar-refractivity contribution in [2.24, 2.45) is 5.73 Å². The molecule has 142 valence electrons. The summed E-state index contributed by atoms with van der Waals surface area (Å²) < 4.78 is 5.66. The first-order valence-electron chi connectivity index (χ1n) is 9.54. The zero-order valence-electron chi connectivity index (χ0n) is 15.7. The normalized spacial score (nSPS) is 26.0. The smallest absolute Gasteiger partial charge is 0.260 e. The Morgan fingerprint density at radius 2 is 1.77 bits per heavy atom. The predicted molar refractivity (Wildman–Crippen MR) is 100 cm³/mol. The Kier molecular flexibility index (Phi) is 5.81. The minimum Gasteiger partial charge on any atom is -0.484 e. The Bertz CT molecular complexity index is 636. The number of nitrogens with zero attached hydrogens (tertiary/aromatic N) is 2. The van der Waals surface area contributed by atoms with E-state index in [1.807, 2.05) is 4.90 Å². The van der Waals surface area contributed by atoms with Gasteiger partial charge in [-0.3, -0.25) is 9.59 Å². The summed E-state index contributed by atoms with van der Waals surface area (Å²) in [4.78, 5) is 28.6. The topological polar surface area (TPSA) is 75.9 Å². The van der Waals surface area contributed by atoms with Crippen LogP contribution in [-0.2, 0) is 4.79 Å². The molecule has 0 aromatic heterocycles. The van der Waals surface area contributed by atoms with E-state index in [-0.39, 0.29) is 36.5 Å². The van der Waals surface area contributed by atoms with Crippen LogP contribution in [0, 0.1) is 0 Å². The maximum atomic E-state index is 12.5. The molecule has 0 spiro atoms. The summed E-state index contributed by atoms with van der Waals surface area (Å²) >= 11 is 0. The van der Waals surface area contributed by atoms with Crippen LogP contribution in [0.15, 0.2) is 24.3 Å². The Labute approximate surface area is 155 Å². The minimum atomic E-state index is -0.00320. The third-order valence-electron chi connectivity index (χ3n) is 5.46. The highest BCUT2D eigenvalue weighted by Crippen LogP contribution is 2.23. The van der Waals surface area contributed by atoms with Crippen molar-refractivity contribution in [1.82, 2.24) is 9.80 Å². The monoisotopic (exact) mass is 359 g/mol. The van der Waals surface area contributed by atoms with Crippen LogP contribution < -0.4 is 10.5 Å². The summed E-state index contributed by atoms with van der Waals surface area (Å²) in [6.07, 6.45) is 4.12. The lowest BCUT2D eigenvalue weighted by molar-refractivity contribution is -0.139. The molecule has 26 heavy (non-hydrogen) atoms. The number of likely N-dealkylation sites (tertiary alicyclic amines) is 2. The van der Waals surface area contributed by atoms with Gasteiger partial charge in [-0.25, -0.2) is 0 Å². The fourth-order valence-electron chi connectivity index (χ4n) is 3.98.